The lowest BCUT2D eigenvalue weighted by atomic mass is 9.95. The van der Waals surface area contributed by atoms with Gasteiger partial charge >= 0.3 is 11.9 Å². The summed E-state index contributed by atoms with van der Waals surface area (Å²) in [4.78, 5) is 47.5. The monoisotopic (exact) mass is 576 g/mol. The average molecular weight is 578 g/mol. The van der Waals surface area contributed by atoms with Crippen LogP contribution in [0.2, 0.25) is 20.1 Å². The van der Waals surface area contributed by atoms with Crippen molar-refractivity contribution >= 4 is 69.9 Å². The Balaban J connectivity index is 0.000000201. The number of rotatable bonds is 2. The first-order valence-corrected chi connectivity index (χ1v) is 12.1. The number of fused-ring (bicyclic) bond motifs is 2. The van der Waals surface area contributed by atoms with E-state index in [0.717, 1.165) is 0 Å². The van der Waals surface area contributed by atoms with E-state index in [9.17, 15) is 19.2 Å². The zero-order valence-corrected chi connectivity index (χ0v) is 22.1. The van der Waals surface area contributed by atoms with Crippen LogP contribution in [0.3, 0.4) is 0 Å². The Morgan fingerprint density at radius 3 is 1.36 bits per heavy atom. The van der Waals surface area contributed by atoms with Gasteiger partial charge in [-0.2, -0.15) is 0 Å². The van der Waals surface area contributed by atoms with Crippen molar-refractivity contribution in [3.05, 3.63) is 55.5 Å². The van der Waals surface area contributed by atoms with Crippen LogP contribution < -0.4 is 9.47 Å². The van der Waals surface area contributed by atoms with Gasteiger partial charge in [-0.3, -0.25) is 19.2 Å². The standard InChI is InChI=1S/2C12H10Cl2O4/c2*1-17-12(16)6-2-3-18-10-5-9(14)8(13)4-7(10)11(6)15/h2*4-6H,2-3H2,1H3. The molecule has 0 saturated heterocycles. The summed E-state index contributed by atoms with van der Waals surface area (Å²) in [6.07, 6.45) is 0.546. The highest BCUT2D eigenvalue weighted by Gasteiger charge is 2.34. The van der Waals surface area contributed by atoms with E-state index in [2.05, 4.69) is 9.47 Å². The maximum atomic E-state index is 12.2. The Morgan fingerprint density at radius 1 is 0.694 bits per heavy atom. The molecule has 36 heavy (non-hydrogen) atoms. The highest BCUT2D eigenvalue weighted by atomic mass is 35.5. The van der Waals surface area contributed by atoms with E-state index in [-0.39, 0.29) is 58.8 Å². The average Bonchev–Trinajstić information content (AvgIpc) is 3.11. The van der Waals surface area contributed by atoms with Gasteiger partial charge in [0.25, 0.3) is 0 Å². The zero-order chi connectivity index (χ0) is 26.6. The van der Waals surface area contributed by atoms with Gasteiger partial charge in [0.2, 0.25) is 0 Å². The molecule has 2 heterocycles. The highest BCUT2D eigenvalue weighted by Crippen LogP contribution is 2.36. The molecule has 0 spiro atoms. The lowest BCUT2D eigenvalue weighted by Gasteiger charge is -2.10. The summed E-state index contributed by atoms with van der Waals surface area (Å²) in [5, 5.41) is 1.11. The van der Waals surface area contributed by atoms with E-state index in [0.29, 0.717) is 21.5 Å². The van der Waals surface area contributed by atoms with Crippen LogP contribution in [0.5, 0.6) is 11.5 Å². The molecule has 0 fully saturated rings. The molecular weight excluding hydrogens is 558 g/mol. The first-order valence-electron chi connectivity index (χ1n) is 10.6. The molecular formula is C24H20Cl4O8. The largest absolute Gasteiger partial charge is 0.493 e. The number of halogens is 4. The van der Waals surface area contributed by atoms with Crippen molar-refractivity contribution in [2.24, 2.45) is 11.8 Å². The molecule has 12 heteroatoms. The molecule has 4 rings (SSSR count). The second-order valence-electron chi connectivity index (χ2n) is 7.68. The molecule has 2 aromatic rings. The molecule has 0 N–H and O–H groups in total. The van der Waals surface area contributed by atoms with Crippen LogP contribution in [0.15, 0.2) is 24.3 Å². The van der Waals surface area contributed by atoms with E-state index < -0.39 is 23.8 Å². The summed E-state index contributed by atoms with van der Waals surface area (Å²) in [7, 11) is 2.49. The molecule has 2 aliphatic heterocycles. The summed E-state index contributed by atoms with van der Waals surface area (Å²) in [5.41, 5.74) is 0.523. The number of Topliss-reactive ketones (excluding diaryl/α,β-unsaturated/α-hetero) is 2. The van der Waals surface area contributed by atoms with Gasteiger partial charge in [0.1, 0.15) is 23.3 Å². The SMILES string of the molecule is COC(=O)C1CCOc2cc(Cl)c(Cl)cc2C1=O.COC(=O)C1CCOc2cc(Cl)c(Cl)cc2C1=O. The minimum atomic E-state index is -0.853. The van der Waals surface area contributed by atoms with Crippen molar-refractivity contribution in [1.82, 2.24) is 0 Å². The van der Waals surface area contributed by atoms with Crippen molar-refractivity contribution < 1.29 is 38.1 Å². The highest BCUT2D eigenvalue weighted by molar-refractivity contribution is 6.43. The number of ether oxygens (including phenoxy) is 4. The first kappa shape index (κ1) is 28.1. The molecule has 2 aromatic carbocycles. The number of ketones is 2. The summed E-state index contributed by atoms with van der Waals surface area (Å²) in [6, 6.07) is 5.80. The maximum Gasteiger partial charge on any atom is 0.316 e. The molecule has 192 valence electrons. The molecule has 0 saturated carbocycles. The number of carbonyl (C=O) groups excluding carboxylic acids is 4. The third-order valence-corrected chi connectivity index (χ3v) is 6.95. The minimum Gasteiger partial charge on any atom is -0.493 e. The fourth-order valence-electron chi connectivity index (χ4n) is 3.63. The van der Waals surface area contributed by atoms with Gasteiger partial charge in [-0.25, -0.2) is 0 Å². The van der Waals surface area contributed by atoms with Crippen molar-refractivity contribution in [2.75, 3.05) is 27.4 Å². The van der Waals surface area contributed by atoms with Gasteiger partial charge in [-0.05, 0) is 12.1 Å². The Morgan fingerprint density at radius 2 is 1.03 bits per heavy atom. The Labute approximate surface area is 226 Å². The molecule has 0 amide bonds. The molecule has 8 nitrogen and oxygen atoms in total. The molecule has 2 atom stereocenters. The van der Waals surface area contributed by atoms with E-state index in [1.165, 1.54) is 38.5 Å². The van der Waals surface area contributed by atoms with Gasteiger partial charge in [-0.1, -0.05) is 46.4 Å². The van der Waals surface area contributed by atoms with Crippen molar-refractivity contribution in [2.45, 2.75) is 12.8 Å². The summed E-state index contributed by atoms with van der Waals surface area (Å²) in [6.45, 7) is 0.493. The number of carbonyl (C=O) groups is 4. The van der Waals surface area contributed by atoms with E-state index in [1.54, 1.807) is 0 Å². The topological polar surface area (TPSA) is 105 Å². The third-order valence-electron chi connectivity index (χ3n) is 5.51. The van der Waals surface area contributed by atoms with Crippen molar-refractivity contribution in [3.8, 4) is 11.5 Å². The van der Waals surface area contributed by atoms with Crippen LogP contribution in [0.4, 0.5) is 0 Å². The number of hydrogen-bond donors (Lipinski definition) is 0. The molecule has 0 aromatic heterocycles. The van der Waals surface area contributed by atoms with Crippen LogP contribution in [0.25, 0.3) is 0 Å². The summed E-state index contributed by atoms with van der Waals surface area (Å²) >= 11 is 23.5. The summed E-state index contributed by atoms with van der Waals surface area (Å²) < 4.78 is 20.0. The number of esters is 2. The number of hydrogen-bond acceptors (Lipinski definition) is 8. The van der Waals surface area contributed by atoms with Crippen LogP contribution >= 0.6 is 46.4 Å². The van der Waals surface area contributed by atoms with E-state index in [1.807, 2.05) is 0 Å². The third kappa shape index (κ3) is 6.06. The van der Waals surface area contributed by atoms with E-state index in [4.69, 9.17) is 55.9 Å². The second kappa shape index (κ2) is 12.1. The predicted octanol–water partition coefficient (Wildman–Crippen LogP) is 5.50. The van der Waals surface area contributed by atoms with Gasteiger partial charge in [-0.15, -0.1) is 0 Å². The molecule has 2 aliphatic rings. The van der Waals surface area contributed by atoms with Gasteiger partial charge < -0.3 is 18.9 Å². The fourth-order valence-corrected chi connectivity index (χ4v) is 4.26. The molecule has 0 radical (unpaired) electrons. The minimum absolute atomic E-state index is 0.246. The van der Waals surface area contributed by atoms with Crippen LogP contribution in [0, 0.1) is 11.8 Å². The van der Waals surface area contributed by atoms with Gasteiger partial charge in [0.05, 0.1) is 58.7 Å². The smallest absolute Gasteiger partial charge is 0.316 e. The number of methoxy groups -OCH3 is 2. The summed E-state index contributed by atoms with van der Waals surface area (Å²) in [5.74, 6) is -2.85. The van der Waals surface area contributed by atoms with Gasteiger partial charge in [0, 0.05) is 25.0 Å². The quantitative estimate of drug-likeness (QED) is 0.340. The molecule has 0 bridgehead atoms. The predicted molar refractivity (Wildman–Crippen MR) is 133 cm³/mol. The lowest BCUT2D eigenvalue weighted by molar-refractivity contribution is -0.144. The van der Waals surface area contributed by atoms with E-state index >= 15 is 0 Å². The zero-order valence-electron chi connectivity index (χ0n) is 19.1. The van der Waals surface area contributed by atoms with Crippen LogP contribution in [-0.4, -0.2) is 50.9 Å². The first-order chi connectivity index (χ1) is 17.1. The fraction of sp³-hybridized carbons (Fsp3) is 0.333. The lowest BCUT2D eigenvalue weighted by Crippen LogP contribution is -2.25. The molecule has 2 unspecified atom stereocenters. The van der Waals surface area contributed by atoms with Crippen molar-refractivity contribution in [3.63, 3.8) is 0 Å². The van der Waals surface area contributed by atoms with Crippen LogP contribution in [-0.2, 0) is 19.1 Å². The molecule has 0 aliphatic carbocycles. The Kier molecular flexibility index (Phi) is 9.47. The second-order valence-corrected chi connectivity index (χ2v) is 9.31. The van der Waals surface area contributed by atoms with Gasteiger partial charge in [0.15, 0.2) is 11.6 Å². The van der Waals surface area contributed by atoms with Crippen molar-refractivity contribution in [1.29, 1.82) is 0 Å². The normalized spacial score (nSPS) is 18.6. The Hall–Kier alpha value is -2.52. The Bertz CT molecular complexity index is 1120. The van der Waals surface area contributed by atoms with Crippen LogP contribution in [0.1, 0.15) is 33.6 Å². The maximum absolute atomic E-state index is 12.2. The number of benzene rings is 2.